The van der Waals surface area contributed by atoms with Gasteiger partial charge in [0.25, 0.3) is 0 Å². The molecule has 0 bridgehead atoms. The Kier molecular flexibility index (Phi) is 5.76. The molecule has 102 valence electrons. The van der Waals surface area contributed by atoms with Crippen LogP contribution in [0.1, 0.15) is 5.56 Å². The number of alkyl halides is 4. The van der Waals surface area contributed by atoms with Crippen LogP contribution in [-0.4, -0.2) is 23.6 Å². The van der Waals surface area contributed by atoms with E-state index in [1.54, 1.807) is 0 Å². The van der Waals surface area contributed by atoms with Gasteiger partial charge in [0, 0.05) is 15.5 Å². The first-order valence-corrected chi connectivity index (χ1v) is 6.92. The molecule has 2 N–H and O–H groups in total. The van der Waals surface area contributed by atoms with Gasteiger partial charge in [-0.2, -0.15) is 13.2 Å². The van der Waals surface area contributed by atoms with Crippen molar-refractivity contribution in [3.8, 4) is 0 Å². The lowest BCUT2D eigenvalue weighted by molar-refractivity contribution is -0.137. The Morgan fingerprint density at radius 1 is 1.33 bits per heavy atom. The summed E-state index contributed by atoms with van der Waals surface area (Å²) in [5.74, 6) is -0.0531. The smallest absolute Gasteiger partial charge is 0.390 e. The van der Waals surface area contributed by atoms with Crippen molar-refractivity contribution in [2.45, 2.75) is 12.3 Å². The minimum atomic E-state index is -4.49. The highest BCUT2D eigenvalue weighted by Crippen LogP contribution is 2.40. The normalized spacial score (nSPS) is 13.5. The van der Waals surface area contributed by atoms with Gasteiger partial charge in [-0.25, -0.2) is 0 Å². The van der Waals surface area contributed by atoms with Crippen LogP contribution < -0.4 is 5.32 Å². The number of rotatable bonds is 4. The van der Waals surface area contributed by atoms with Gasteiger partial charge < -0.3 is 10.4 Å². The van der Waals surface area contributed by atoms with Crippen LogP contribution in [0.4, 0.5) is 18.9 Å². The summed E-state index contributed by atoms with van der Waals surface area (Å²) < 4.78 is 39.1. The van der Waals surface area contributed by atoms with Crippen LogP contribution in [-0.2, 0) is 6.18 Å². The summed E-state index contributed by atoms with van der Waals surface area (Å²) in [5, 5.41) is 11.8. The summed E-state index contributed by atoms with van der Waals surface area (Å²) >= 11 is 11.4. The number of aliphatic hydroxyl groups is 1. The standard InChI is InChI=1S/C10H9Br2ClF3NO/c11-5-1-7(10(14,15)16)9(8(12)2-5)17-4-6(18)3-13/h1-2,6,17-18H,3-4H2. The molecule has 0 radical (unpaired) electrons. The van der Waals surface area contributed by atoms with Crippen LogP contribution in [0.25, 0.3) is 0 Å². The van der Waals surface area contributed by atoms with Gasteiger partial charge in [-0.3, -0.25) is 0 Å². The van der Waals surface area contributed by atoms with Gasteiger partial charge in [0.15, 0.2) is 0 Å². The Labute approximate surface area is 124 Å². The number of halogens is 6. The fraction of sp³-hybridized carbons (Fsp3) is 0.400. The van der Waals surface area contributed by atoms with Crippen LogP contribution in [0.5, 0.6) is 0 Å². The second kappa shape index (κ2) is 6.45. The minimum absolute atomic E-state index is 0.0531. The zero-order valence-corrected chi connectivity index (χ0v) is 12.8. The largest absolute Gasteiger partial charge is 0.418 e. The summed E-state index contributed by atoms with van der Waals surface area (Å²) in [6, 6.07) is 2.46. The van der Waals surface area contributed by atoms with Crippen molar-refractivity contribution in [1.29, 1.82) is 0 Å². The van der Waals surface area contributed by atoms with E-state index < -0.39 is 17.8 Å². The third-order valence-electron chi connectivity index (χ3n) is 2.05. The molecule has 18 heavy (non-hydrogen) atoms. The Morgan fingerprint density at radius 3 is 2.44 bits per heavy atom. The van der Waals surface area contributed by atoms with Crippen LogP contribution >= 0.6 is 43.5 Å². The highest BCUT2D eigenvalue weighted by Gasteiger charge is 2.34. The van der Waals surface area contributed by atoms with Crippen molar-refractivity contribution in [3.63, 3.8) is 0 Å². The van der Waals surface area contributed by atoms with Crippen molar-refractivity contribution in [1.82, 2.24) is 0 Å². The van der Waals surface area contributed by atoms with E-state index in [1.807, 2.05) is 0 Å². The fourth-order valence-corrected chi connectivity index (χ4v) is 2.73. The number of nitrogens with one attached hydrogen (secondary N) is 1. The van der Waals surface area contributed by atoms with E-state index in [4.69, 9.17) is 11.6 Å². The van der Waals surface area contributed by atoms with Gasteiger partial charge in [-0.05, 0) is 28.1 Å². The summed E-state index contributed by atoms with van der Waals surface area (Å²) in [5.41, 5.74) is -0.930. The first-order chi connectivity index (χ1) is 8.25. The molecule has 1 atom stereocenters. The predicted octanol–water partition coefficient (Wildman–Crippen LogP) is 4.24. The van der Waals surface area contributed by atoms with Gasteiger partial charge in [0.2, 0.25) is 0 Å². The highest BCUT2D eigenvalue weighted by molar-refractivity contribution is 9.11. The molecule has 1 rings (SSSR count). The SMILES string of the molecule is OC(CCl)CNc1c(Br)cc(Br)cc1C(F)(F)F. The molecule has 0 aliphatic carbocycles. The van der Waals surface area contributed by atoms with E-state index in [1.165, 1.54) is 6.07 Å². The van der Waals surface area contributed by atoms with Gasteiger partial charge >= 0.3 is 6.18 Å². The Balaban J connectivity index is 3.08. The summed E-state index contributed by atoms with van der Waals surface area (Å²) in [6.07, 6.45) is -5.40. The van der Waals surface area contributed by atoms with E-state index in [-0.39, 0.29) is 22.6 Å². The first kappa shape index (κ1) is 16.1. The molecular formula is C10H9Br2ClF3NO. The number of aliphatic hydroxyl groups excluding tert-OH is 1. The quantitative estimate of drug-likeness (QED) is 0.727. The molecule has 8 heteroatoms. The maximum Gasteiger partial charge on any atom is 0.418 e. The number of benzene rings is 1. The molecule has 0 spiro atoms. The van der Waals surface area contributed by atoms with Gasteiger partial charge in [-0.1, -0.05) is 15.9 Å². The van der Waals surface area contributed by atoms with E-state index in [0.29, 0.717) is 4.47 Å². The second-order valence-electron chi connectivity index (χ2n) is 3.50. The molecule has 0 aromatic heterocycles. The highest BCUT2D eigenvalue weighted by atomic mass is 79.9. The molecular weight excluding hydrogens is 402 g/mol. The van der Waals surface area contributed by atoms with Crippen LogP contribution in [0.15, 0.2) is 21.1 Å². The Hall–Kier alpha value is 0.0200. The summed E-state index contributed by atoms with van der Waals surface area (Å²) in [4.78, 5) is 0. The topological polar surface area (TPSA) is 32.3 Å². The lowest BCUT2D eigenvalue weighted by Crippen LogP contribution is -2.22. The third kappa shape index (κ3) is 4.29. The molecule has 1 aromatic carbocycles. The number of hydrogen-bond donors (Lipinski definition) is 2. The maximum absolute atomic E-state index is 12.8. The van der Waals surface area contributed by atoms with Crippen LogP contribution in [0.3, 0.4) is 0 Å². The van der Waals surface area contributed by atoms with Crippen molar-refractivity contribution in [2.75, 3.05) is 17.7 Å². The van der Waals surface area contributed by atoms with E-state index in [0.717, 1.165) is 6.07 Å². The lowest BCUT2D eigenvalue weighted by atomic mass is 10.1. The average molecular weight is 411 g/mol. The van der Waals surface area contributed by atoms with Gasteiger partial charge in [0.05, 0.1) is 23.2 Å². The average Bonchev–Trinajstić information content (AvgIpc) is 2.25. The molecule has 0 saturated carbocycles. The van der Waals surface area contributed by atoms with E-state index in [9.17, 15) is 18.3 Å². The number of hydrogen-bond acceptors (Lipinski definition) is 2. The van der Waals surface area contributed by atoms with Crippen molar-refractivity contribution in [2.24, 2.45) is 0 Å². The van der Waals surface area contributed by atoms with Gasteiger partial charge in [-0.15, -0.1) is 11.6 Å². The maximum atomic E-state index is 12.8. The zero-order valence-electron chi connectivity index (χ0n) is 8.86. The predicted molar refractivity (Wildman–Crippen MR) is 72.1 cm³/mol. The molecule has 0 aliphatic heterocycles. The second-order valence-corrected chi connectivity index (χ2v) is 5.58. The van der Waals surface area contributed by atoms with Crippen LogP contribution in [0, 0.1) is 0 Å². The Morgan fingerprint density at radius 2 is 1.94 bits per heavy atom. The first-order valence-electron chi connectivity index (χ1n) is 4.80. The van der Waals surface area contributed by atoms with Crippen LogP contribution in [0.2, 0.25) is 0 Å². The molecule has 1 unspecified atom stereocenters. The third-order valence-corrected chi connectivity index (χ3v) is 3.49. The zero-order chi connectivity index (χ0) is 13.9. The molecule has 0 fully saturated rings. The monoisotopic (exact) mass is 409 g/mol. The molecule has 0 aliphatic rings. The molecule has 0 amide bonds. The molecule has 2 nitrogen and oxygen atoms in total. The molecule has 1 aromatic rings. The lowest BCUT2D eigenvalue weighted by Gasteiger charge is -2.18. The van der Waals surface area contributed by atoms with Crippen molar-refractivity contribution >= 4 is 49.1 Å². The fourth-order valence-electron chi connectivity index (χ4n) is 1.25. The van der Waals surface area contributed by atoms with E-state index in [2.05, 4.69) is 37.2 Å². The van der Waals surface area contributed by atoms with Gasteiger partial charge in [0.1, 0.15) is 0 Å². The summed E-state index contributed by atoms with van der Waals surface area (Å²) in [7, 11) is 0. The minimum Gasteiger partial charge on any atom is -0.390 e. The number of anilines is 1. The Bertz CT molecular complexity index is 428. The van der Waals surface area contributed by atoms with E-state index >= 15 is 0 Å². The molecule has 0 heterocycles. The van der Waals surface area contributed by atoms with Crippen molar-refractivity contribution < 1.29 is 18.3 Å². The summed E-state index contributed by atoms with van der Waals surface area (Å²) in [6.45, 7) is -0.0627. The molecule has 0 saturated heterocycles. The van der Waals surface area contributed by atoms with Crippen molar-refractivity contribution in [3.05, 3.63) is 26.6 Å².